The van der Waals surface area contributed by atoms with Crippen LogP contribution in [-0.2, 0) is 19.3 Å². The molecule has 1 aliphatic heterocycles. The molecule has 0 fully saturated rings. The van der Waals surface area contributed by atoms with Crippen LogP contribution in [0.3, 0.4) is 0 Å². The van der Waals surface area contributed by atoms with Gasteiger partial charge >= 0.3 is 0 Å². The largest absolute Gasteiger partial charge is 0.488 e. The zero-order chi connectivity index (χ0) is 9.71. The Morgan fingerprint density at radius 2 is 2.21 bits per heavy atom. The number of hydrogen-bond donors (Lipinski definition) is 1. The number of nitrogens with two attached hydrogens (primary N) is 1. The van der Waals surface area contributed by atoms with Gasteiger partial charge in [0, 0.05) is 12.0 Å². The molecule has 2 nitrogen and oxygen atoms in total. The third kappa shape index (κ3) is 0.969. The van der Waals surface area contributed by atoms with Gasteiger partial charge in [0.15, 0.2) is 0 Å². The van der Waals surface area contributed by atoms with E-state index < -0.39 is 0 Å². The second kappa shape index (κ2) is 2.66. The highest BCUT2D eigenvalue weighted by Gasteiger charge is 2.26. The van der Waals surface area contributed by atoms with Crippen molar-refractivity contribution >= 4 is 5.69 Å². The van der Waals surface area contributed by atoms with Gasteiger partial charge in [-0.05, 0) is 37.3 Å². The normalized spacial score (nSPS) is 23.1. The third-order valence-electron chi connectivity index (χ3n) is 3.30. The maximum Gasteiger partial charge on any atom is 0.146 e. The summed E-state index contributed by atoms with van der Waals surface area (Å²) >= 11 is 0. The summed E-state index contributed by atoms with van der Waals surface area (Å²) in [4.78, 5) is 0. The summed E-state index contributed by atoms with van der Waals surface area (Å²) in [5, 5.41) is 0. The number of benzene rings is 1. The lowest BCUT2D eigenvalue weighted by Crippen LogP contribution is -2.06. The summed E-state index contributed by atoms with van der Waals surface area (Å²) in [6.07, 6.45) is 4.90. The molecule has 0 amide bonds. The third-order valence-corrected chi connectivity index (χ3v) is 3.30. The molecule has 1 aromatic carbocycles. The van der Waals surface area contributed by atoms with Gasteiger partial charge in [0.25, 0.3) is 0 Å². The van der Waals surface area contributed by atoms with Crippen LogP contribution in [0.5, 0.6) is 5.75 Å². The van der Waals surface area contributed by atoms with Crippen LogP contribution in [-0.4, -0.2) is 6.10 Å². The van der Waals surface area contributed by atoms with Gasteiger partial charge in [-0.2, -0.15) is 0 Å². The summed E-state index contributed by atoms with van der Waals surface area (Å²) in [7, 11) is 0. The topological polar surface area (TPSA) is 35.2 Å². The minimum atomic E-state index is 0.301. The standard InChI is InChI=1S/C12H15NO/c1-7-5-9-6-8-3-2-4-10(8)11(13)12(9)14-7/h6-7H,2-5,13H2,1H3/t7-/m1/s1. The number of hydrogen-bond acceptors (Lipinski definition) is 2. The summed E-state index contributed by atoms with van der Waals surface area (Å²) < 4.78 is 5.74. The summed E-state index contributed by atoms with van der Waals surface area (Å²) in [6, 6.07) is 2.30. The molecule has 0 saturated carbocycles. The Morgan fingerprint density at radius 3 is 3.07 bits per heavy atom. The Kier molecular flexibility index (Phi) is 1.55. The van der Waals surface area contributed by atoms with Crippen molar-refractivity contribution in [1.29, 1.82) is 0 Å². The fourth-order valence-corrected chi connectivity index (χ4v) is 2.66. The zero-order valence-electron chi connectivity index (χ0n) is 8.47. The molecule has 1 aliphatic carbocycles. The molecule has 0 spiro atoms. The Labute approximate surface area is 84.1 Å². The zero-order valence-corrected chi connectivity index (χ0v) is 8.47. The molecule has 2 aliphatic rings. The highest BCUT2D eigenvalue weighted by molar-refractivity contribution is 5.67. The van der Waals surface area contributed by atoms with Crippen LogP contribution in [0.25, 0.3) is 0 Å². The second-order valence-electron chi connectivity index (χ2n) is 4.40. The molecule has 1 atom stereocenters. The molecule has 2 N–H and O–H groups in total. The van der Waals surface area contributed by atoms with Gasteiger partial charge in [0.2, 0.25) is 0 Å². The van der Waals surface area contributed by atoms with Crippen molar-refractivity contribution in [2.75, 3.05) is 5.73 Å². The van der Waals surface area contributed by atoms with Crippen molar-refractivity contribution in [3.63, 3.8) is 0 Å². The minimum Gasteiger partial charge on any atom is -0.488 e. The summed E-state index contributed by atoms with van der Waals surface area (Å²) in [6.45, 7) is 2.10. The average molecular weight is 189 g/mol. The maximum atomic E-state index is 6.12. The molecule has 0 aromatic heterocycles. The van der Waals surface area contributed by atoms with E-state index in [9.17, 15) is 0 Å². The lowest BCUT2D eigenvalue weighted by atomic mass is 10.0. The number of aryl methyl sites for hydroxylation is 1. The maximum absolute atomic E-state index is 6.12. The predicted octanol–water partition coefficient (Wildman–Crippen LogP) is 2.08. The van der Waals surface area contributed by atoms with Crippen molar-refractivity contribution in [3.05, 3.63) is 22.8 Å². The molecule has 0 radical (unpaired) electrons. The van der Waals surface area contributed by atoms with E-state index in [-0.39, 0.29) is 0 Å². The first-order valence-corrected chi connectivity index (χ1v) is 5.35. The monoisotopic (exact) mass is 189 g/mol. The molecule has 0 saturated heterocycles. The van der Waals surface area contributed by atoms with Crippen molar-refractivity contribution < 1.29 is 4.74 Å². The van der Waals surface area contributed by atoms with E-state index in [0.717, 1.165) is 24.3 Å². The molecular formula is C12H15NO. The van der Waals surface area contributed by atoms with Crippen molar-refractivity contribution in [3.8, 4) is 5.75 Å². The number of anilines is 1. The van der Waals surface area contributed by atoms with Crippen LogP contribution >= 0.6 is 0 Å². The van der Waals surface area contributed by atoms with Crippen molar-refractivity contribution in [1.82, 2.24) is 0 Å². The van der Waals surface area contributed by atoms with Gasteiger partial charge in [0.1, 0.15) is 11.9 Å². The molecule has 74 valence electrons. The summed E-state index contributed by atoms with van der Waals surface area (Å²) in [5.41, 5.74) is 11.2. The molecule has 0 bridgehead atoms. The highest BCUT2D eigenvalue weighted by Crippen LogP contribution is 2.41. The Morgan fingerprint density at radius 1 is 1.36 bits per heavy atom. The molecule has 3 rings (SSSR count). The van der Waals surface area contributed by atoms with Crippen LogP contribution < -0.4 is 10.5 Å². The Balaban J connectivity index is 2.19. The molecular weight excluding hydrogens is 174 g/mol. The van der Waals surface area contributed by atoms with E-state index in [0.29, 0.717) is 6.10 Å². The van der Waals surface area contributed by atoms with Crippen LogP contribution in [0.4, 0.5) is 5.69 Å². The lowest BCUT2D eigenvalue weighted by molar-refractivity contribution is 0.256. The molecule has 2 heteroatoms. The van der Waals surface area contributed by atoms with Crippen LogP contribution in [0.15, 0.2) is 6.07 Å². The highest BCUT2D eigenvalue weighted by atomic mass is 16.5. The summed E-state index contributed by atoms with van der Waals surface area (Å²) in [5.74, 6) is 0.971. The van der Waals surface area contributed by atoms with Gasteiger partial charge in [-0.15, -0.1) is 0 Å². The second-order valence-corrected chi connectivity index (χ2v) is 4.40. The van der Waals surface area contributed by atoms with Gasteiger partial charge in [-0.3, -0.25) is 0 Å². The lowest BCUT2D eigenvalue weighted by Gasteiger charge is -2.10. The number of fused-ring (bicyclic) bond motifs is 2. The van der Waals surface area contributed by atoms with E-state index in [1.807, 2.05) is 0 Å². The number of nitrogen functional groups attached to an aromatic ring is 1. The first-order chi connectivity index (χ1) is 6.75. The van der Waals surface area contributed by atoms with Crippen LogP contribution in [0.2, 0.25) is 0 Å². The first-order valence-electron chi connectivity index (χ1n) is 5.35. The number of ether oxygens (including phenoxy) is 1. The SMILES string of the molecule is C[C@@H]1Cc2cc3c(c(N)c2O1)CCC3. The van der Waals surface area contributed by atoms with E-state index in [2.05, 4.69) is 13.0 Å². The predicted molar refractivity (Wildman–Crippen MR) is 56.7 cm³/mol. The minimum absolute atomic E-state index is 0.301. The fraction of sp³-hybridized carbons (Fsp3) is 0.500. The smallest absolute Gasteiger partial charge is 0.146 e. The Bertz CT molecular complexity index is 398. The molecule has 0 unspecified atom stereocenters. The van der Waals surface area contributed by atoms with Gasteiger partial charge in [0.05, 0.1) is 5.69 Å². The van der Waals surface area contributed by atoms with Gasteiger partial charge < -0.3 is 10.5 Å². The van der Waals surface area contributed by atoms with Crippen LogP contribution in [0, 0.1) is 0 Å². The van der Waals surface area contributed by atoms with Crippen LogP contribution in [0.1, 0.15) is 30.0 Å². The van der Waals surface area contributed by atoms with Crippen molar-refractivity contribution in [2.45, 2.75) is 38.7 Å². The van der Waals surface area contributed by atoms with E-state index in [1.165, 1.54) is 29.5 Å². The van der Waals surface area contributed by atoms with E-state index in [4.69, 9.17) is 10.5 Å². The van der Waals surface area contributed by atoms with Gasteiger partial charge in [-0.25, -0.2) is 0 Å². The van der Waals surface area contributed by atoms with E-state index in [1.54, 1.807) is 0 Å². The Hall–Kier alpha value is -1.18. The average Bonchev–Trinajstić information content (AvgIpc) is 2.71. The quantitative estimate of drug-likeness (QED) is 0.634. The molecule has 1 aromatic rings. The van der Waals surface area contributed by atoms with Gasteiger partial charge in [-0.1, -0.05) is 6.07 Å². The first kappa shape index (κ1) is 8.16. The molecule has 1 heterocycles. The number of rotatable bonds is 0. The van der Waals surface area contributed by atoms with E-state index >= 15 is 0 Å². The fourth-order valence-electron chi connectivity index (χ4n) is 2.66. The molecule has 14 heavy (non-hydrogen) atoms. The van der Waals surface area contributed by atoms with Crippen molar-refractivity contribution in [2.24, 2.45) is 0 Å².